The van der Waals surface area contributed by atoms with Gasteiger partial charge in [-0.1, -0.05) is 29.4 Å². The molecule has 30 heavy (non-hydrogen) atoms. The van der Waals surface area contributed by atoms with E-state index < -0.39 is 23.4 Å². The highest BCUT2D eigenvalue weighted by molar-refractivity contribution is 6.02. The molecule has 0 aliphatic heterocycles. The molecule has 0 bridgehead atoms. The normalized spacial score (nSPS) is 14.8. The number of halogens is 3. The number of carbonyl (C=O) groups excluding carboxylic acids is 1. The maximum Gasteiger partial charge on any atom is 0.573 e. The van der Waals surface area contributed by atoms with Gasteiger partial charge in [-0.2, -0.15) is 0 Å². The maximum absolute atomic E-state index is 12.9. The number of hydrogen-bond donors (Lipinski definition) is 1. The number of nitrogens with zero attached hydrogens (tertiary/aromatic N) is 1. The van der Waals surface area contributed by atoms with Gasteiger partial charge in [0.1, 0.15) is 5.75 Å². The second-order valence-electron chi connectivity index (χ2n) is 6.89. The lowest BCUT2D eigenvalue weighted by atomic mass is 10.00. The van der Waals surface area contributed by atoms with Crippen molar-refractivity contribution in [3.8, 4) is 22.8 Å². The average molecular weight is 418 g/mol. The zero-order valence-electron chi connectivity index (χ0n) is 15.8. The molecule has 156 valence electrons. The Bertz CT molecular complexity index is 1070. The van der Waals surface area contributed by atoms with E-state index in [9.17, 15) is 18.0 Å². The van der Waals surface area contributed by atoms with Crippen LogP contribution in [0.3, 0.4) is 0 Å². The first-order valence-corrected chi connectivity index (χ1v) is 9.09. The first-order valence-electron chi connectivity index (χ1n) is 9.09. The van der Waals surface area contributed by atoms with Gasteiger partial charge in [-0.3, -0.25) is 4.79 Å². The SMILES string of the molecule is COc1cccc(-c2cc(C3(C(=O)Nc4ccccc4OC(F)(F)F)CC3)no2)c1. The molecule has 1 aliphatic carbocycles. The summed E-state index contributed by atoms with van der Waals surface area (Å²) in [6, 6.07) is 14.2. The number of methoxy groups -OCH3 is 1. The second-order valence-corrected chi connectivity index (χ2v) is 6.89. The summed E-state index contributed by atoms with van der Waals surface area (Å²) in [6.45, 7) is 0. The molecule has 2 aromatic carbocycles. The summed E-state index contributed by atoms with van der Waals surface area (Å²) in [7, 11) is 1.55. The zero-order valence-corrected chi connectivity index (χ0v) is 15.8. The van der Waals surface area contributed by atoms with Crippen LogP contribution in [0.2, 0.25) is 0 Å². The van der Waals surface area contributed by atoms with Crippen LogP contribution in [0.4, 0.5) is 18.9 Å². The average Bonchev–Trinajstić information content (AvgIpc) is 3.38. The molecule has 9 heteroatoms. The monoisotopic (exact) mass is 418 g/mol. The van der Waals surface area contributed by atoms with Gasteiger partial charge in [0.05, 0.1) is 23.9 Å². The topological polar surface area (TPSA) is 73.6 Å². The van der Waals surface area contributed by atoms with E-state index in [1.54, 1.807) is 31.4 Å². The fourth-order valence-electron chi connectivity index (χ4n) is 3.16. The Morgan fingerprint density at radius 1 is 1.13 bits per heavy atom. The Balaban J connectivity index is 1.56. The van der Waals surface area contributed by atoms with Crippen molar-refractivity contribution in [2.24, 2.45) is 0 Å². The van der Waals surface area contributed by atoms with Crippen molar-refractivity contribution in [1.29, 1.82) is 0 Å². The molecule has 1 aliphatic rings. The van der Waals surface area contributed by atoms with Gasteiger partial charge < -0.3 is 19.3 Å². The molecule has 1 fully saturated rings. The van der Waals surface area contributed by atoms with Gasteiger partial charge in [0, 0.05) is 11.6 Å². The third-order valence-corrected chi connectivity index (χ3v) is 4.90. The standard InChI is InChI=1S/C21H17F3N2O4/c1-28-14-6-4-5-13(11-14)17-12-18(26-30-17)20(9-10-20)19(27)25-15-7-2-3-8-16(15)29-21(22,23)24/h2-8,11-12H,9-10H2,1H3,(H,25,27). The molecule has 0 spiro atoms. The summed E-state index contributed by atoms with van der Waals surface area (Å²) in [6.07, 6.45) is -3.85. The van der Waals surface area contributed by atoms with Crippen LogP contribution in [0.1, 0.15) is 18.5 Å². The van der Waals surface area contributed by atoms with Crippen molar-refractivity contribution in [2.75, 3.05) is 12.4 Å². The van der Waals surface area contributed by atoms with Crippen molar-refractivity contribution >= 4 is 11.6 Å². The second kappa shape index (κ2) is 7.40. The van der Waals surface area contributed by atoms with Crippen LogP contribution in [0.25, 0.3) is 11.3 Å². The number of benzene rings is 2. The lowest BCUT2D eigenvalue weighted by molar-refractivity contribution is -0.274. The summed E-state index contributed by atoms with van der Waals surface area (Å²) in [5, 5.41) is 6.57. The van der Waals surface area contributed by atoms with E-state index in [1.165, 1.54) is 18.2 Å². The van der Waals surface area contributed by atoms with Gasteiger partial charge in [-0.25, -0.2) is 0 Å². The highest BCUT2D eigenvalue weighted by Gasteiger charge is 2.54. The van der Waals surface area contributed by atoms with E-state index in [0.717, 1.165) is 11.6 Å². The molecule has 1 amide bonds. The van der Waals surface area contributed by atoms with Gasteiger partial charge in [0.2, 0.25) is 5.91 Å². The minimum Gasteiger partial charge on any atom is -0.497 e. The van der Waals surface area contributed by atoms with Crippen LogP contribution in [0.5, 0.6) is 11.5 Å². The molecule has 3 aromatic rings. The fourth-order valence-corrected chi connectivity index (χ4v) is 3.16. The van der Waals surface area contributed by atoms with Gasteiger partial charge in [0.25, 0.3) is 0 Å². The number of anilines is 1. The smallest absolute Gasteiger partial charge is 0.497 e. The zero-order chi connectivity index (χ0) is 21.4. The summed E-state index contributed by atoms with van der Waals surface area (Å²) >= 11 is 0. The van der Waals surface area contributed by atoms with E-state index in [2.05, 4.69) is 15.2 Å². The van der Waals surface area contributed by atoms with Crippen LogP contribution < -0.4 is 14.8 Å². The number of rotatable bonds is 6. The van der Waals surface area contributed by atoms with Gasteiger partial charge in [0.15, 0.2) is 11.5 Å². The number of aromatic nitrogens is 1. The highest BCUT2D eigenvalue weighted by Crippen LogP contribution is 2.49. The van der Waals surface area contributed by atoms with E-state index in [0.29, 0.717) is 30.0 Å². The number of alkyl halides is 3. The molecule has 0 atom stereocenters. The number of nitrogens with one attached hydrogen (secondary N) is 1. The number of carbonyl (C=O) groups is 1. The number of hydrogen-bond acceptors (Lipinski definition) is 5. The molecule has 1 saturated carbocycles. The van der Waals surface area contributed by atoms with Crippen molar-refractivity contribution in [3.05, 3.63) is 60.3 Å². The van der Waals surface area contributed by atoms with Crippen molar-refractivity contribution in [1.82, 2.24) is 5.16 Å². The van der Waals surface area contributed by atoms with E-state index in [4.69, 9.17) is 9.26 Å². The maximum atomic E-state index is 12.9. The van der Waals surface area contributed by atoms with Crippen molar-refractivity contribution in [3.63, 3.8) is 0 Å². The fraction of sp³-hybridized carbons (Fsp3) is 0.238. The van der Waals surface area contributed by atoms with Crippen LogP contribution >= 0.6 is 0 Å². The molecule has 4 rings (SSSR count). The van der Waals surface area contributed by atoms with Crippen LogP contribution in [0.15, 0.2) is 59.1 Å². The van der Waals surface area contributed by atoms with Gasteiger partial charge in [-0.05, 0) is 37.1 Å². The summed E-state index contributed by atoms with van der Waals surface area (Å²) < 4.78 is 52.5. The molecule has 0 unspecified atom stereocenters. The van der Waals surface area contributed by atoms with E-state index in [1.807, 2.05) is 6.07 Å². The third kappa shape index (κ3) is 3.96. The molecule has 1 heterocycles. The molecular formula is C21H17F3N2O4. The number of para-hydroxylation sites is 2. The predicted octanol–water partition coefficient (Wildman–Crippen LogP) is 4.92. The highest BCUT2D eigenvalue weighted by atomic mass is 19.4. The minimum atomic E-state index is -4.87. The summed E-state index contributed by atoms with van der Waals surface area (Å²) in [5.74, 6) is 0.159. The molecule has 6 nitrogen and oxygen atoms in total. The van der Waals surface area contributed by atoms with E-state index >= 15 is 0 Å². The number of ether oxygens (including phenoxy) is 2. The van der Waals surface area contributed by atoms with E-state index in [-0.39, 0.29) is 5.69 Å². The first-order chi connectivity index (χ1) is 14.3. The Kier molecular flexibility index (Phi) is 4.89. The van der Waals surface area contributed by atoms with Crippen LogP contribution in [-0.4, -0.2) is 24.5 Å². The predicted molar refractivity (Wildman–Crippen MR) is 101 cm³/mol. The molecule has 1 aromatic heterocycles. The molecule has 0 saturated heterocycles. The summed E-state index contributed by atoms with van der Waals surface area (Å²) in [5.41, 5.74) is 0.134. The Morgan fingerprint density at radius 2 is 1.90 bits per heavy atom. The molecular weight excluding hydrogens is 401 g/mol. The Morgan fingerprint density at radius 3 is 2.60 bits per heavy atom. The summed E-state index contributed by atoms with van der Waals surface area (Å²) in [4.78, 5) is 12.9. The van der Waals surface area contributed by atoms with Gasteiger partial charge in [-0.15, -0.1) is 13.2 Å². The lowest BCUT2D eigenvalue weighted by Crippen LogP contribution is -2.28. The van der Waals surface area contributed by atoms with Crippen molar-refractivity contribution < 1.29 is 32.0 Å². The quantitative estimate of drug-likeness (QED) is 0.615. The lowest BCUT2D eigenvalue weighted by Gasteiger charge is -2.16. The number of amides is 1. The van der Waals surface area contributed by atoms with Crippen molar-refractivity contribution in [2.45, 2.75) is 24.6 Å². The van der Waals surface area contributed by atoms with Crippen LogP contribution in [0, 0.1) is 0 Å². The molecule has 1 N–H and O–H groups in total. The van der Waals surface area contributed by atoms with Gasteiger partial charge >= 0.3 is 6.36 Å². The Labute approximate surface area is 169 Å². The minimum absolute atomic E-state index is 0.0670. The Hall–Kier alpha value is -3.49. The largest absolute Gasteiger partial charge is 0.573 e. The molecule has 0 radical (unpaired) electrons. The van der Waals surface area contributed by atoms with Crippen LogP contribution in [-0.2, 0) is 10.2 Å². The third-order valence-electron chi connectivity index (χ3n) is 4.90. The first kappa shape index (κ1) is 19.8.